The minimum Gasteiger partial charge on any atom is -0.467 e. The topological polar surface area (TPSA) is 157 Å². The van der Waals surface area contributed by atoms with Crippen LogP contribution in [0.2, 0.25) is 0 Å². The molecule has 3 N–H and O–H groups in total. The molecule has 0 aliphatic heterocycles. The van der Waals surface area contributed by atoms with E-state index in [1.807, 2.05) is 0 Å². The van der Waals surface area contributed by atoms with Gasteiger partial charge in [0.15, 0.2) is 6.04 Å². The molecule has 0 saturated carbocycles. The van der Waals surface area contributed by atoms with Crippen LogP contribution >= 0.6 is 11.8 Å². The Morgan fingerprint density at radius 2 is 1.49 bits per heavy atom. The van der Waals surface area contributed by atoms with Crippen molar-refractivity contribution in [3.63, 3.8) is 0 Å². The Hall–Kier alpha value is -2.34. The lowest BCUT2D eigenvalue weighted by Crippen LogP contribution is -2.53. The molecule has 0 fully saturated rings. The molecule has 0 aromatic carbocycles. The molecule has 0 aromatic heterocycles. The van der Waals surface area contributed by atoms with Crippen molar-refractivity contribution in [2.45, 2.75) is 110 Å². The molecule has 0 spiro atoms. The van der Waals surface area contributed by atoms with Crippen LogP contribution in [0, 0.1) is 0 Å². The van der Waals surface area contributed by atoms with Crippen LogP contribution in [0.1, 0.15) is 91.4 Å². The maximum atomic E-state index is 12.5. The van der Waals surface area contributed by atoms with Gasteiger partial charge in [0.1, 0.15) is 18.8 Å². The number of aliphatic hydroxyl groups is 1. The highest BCUT2D eigenvalue weighted by Crippen LogP contribution is 2.15. The highest BCUT2D eigenvalue weighted by atomic mass is 32.2. The largest absolute Gasteiger partial charge is 0.467 e. The van der Waals surface area contributed by atoms with Gasteiger partial charge < -0.3 is 30.0 Å². The van der Waals surface area contributed by atoms with Crippen LogP contribution in [-0.4, -0.2) is 84.8 Å². The second kappa shape index (κ2) is 23.5. The van der Waals surface area contributed by atoms with Crippen LogP contribution in [0.15, 0.2) is 0 Å². The lowest BCUT2D eigenvalue weighted by atomic mass is 10.0. The molecule has 0 aromatic rings. The van der Waals surface area contributed by atoms with Crippen molar-refractivity contribution < 1.29 is 43.3 Å². The first-order valence-electron chi connectivity index (χ1n) is 13.8. The Bertz CT molecular complexity index is 736. The van der Waals surface area contributed by atoms with E-state index >= 15 is 0 Å². The van der Waals surface area contributed by atoms with Gasteiger partial charge in [0.05, 0.1) is 20.1 Å². The third-order valence-electron chi connectivity index (χ3n) is 5.81. The summed E-state index contributed by atoms with van der Waals surface area (Å²) in [6.07, 6.45) is 10.6. The minimum absolute atomic E-state index is 0.0196. The number of carbonyl (C=O) groups excluding carboxylic acids is 5. The molecule has 0 bridgehead atoms. The number of nitrogens with one attached hydrogen (secondary N) is 2. The van der Waals surface area contributed by atoms with E-state index in [9.17, 15) is 29.1 Å². The van der Waals surface area contributed by atoms with Crippen molar-refractivity contribution >= 4 is 41.5 Å². The molecule has 0 aliphatic carbocycles. The molecular formula is C27H48N2O9S. The molecule has 39 heavy (non-hydrogen) atoms. The van der Waals surface area contributed by atoms with E-state index in [2.05, 4.69) is 22.3 Å². The van der Waals surface area contributed by atoms with Gasteiger partial charge in [-0.25, -0.2) is 4.79 Å². The SMILES string of the molecule is CCCCCCCCCCCC(CC(=O)OCCSC[C@@H](NC(C)=O)C(=O)N[C@@H](CO)C(=O)OC)OC(C)=O. The molecule has 3 atom stereocenters. The van der Waals surface area contributed by atoms with E-state index in [1.54, 1.807) is 0 Å². The molecule has 226 valence electrons. The summed E-state index contributed by atoms with van der Waals surface area (Å²) in [5.41, 5.74) is 0. The van der Waals surface area contributed by atoms with E-state index in [1.165, 1.54) is 64.1 Å². The van der Waals surface area contributed by atoms with Crippen molar-refractivity contribution in [2.75, 3.05) is 31.8 Å². The van der Waals surface area contributed by atoms with Crippen LogP contribution in [-0.2, 0) is 38.2 Å². The van der Waals surface area contributed by atoms with Gasteiger partial charge in [0.2, 0.25) is 11.8 Å². The fourth-order valence-corrected chi connectivity index (χ4v) is 4.64. The quantitative estimate of drug-likeness (QED) is 0.0938. The number of amides is 2. The molecule has 2 amide bonds. The highest BCUT2D eigenvalue weighted by molar-refractivity contribution is 7.99. The molecule has 1 unspecified atom stereocenters. The Morgan fingerprint density at radius 3 is 2.03 bits per heavy atom. The average molecular weight is 577 g/mol. The monoisotopic (exact) mass is 576 g/mol. The summed E-state index contributed by atoms with van der Waals surface area (Å²) in [5, 5.41) is 14.1. The van der Waals surface area contributed by atoms with Crippen LogP contribution in [0.3, 0.4) is 0 Å². The zero-order valence-electron chi connectivity index (χ0n) is 24.0. The summed E-state index contributed by atoms with van der Waals surface area (Å²) >= 11 is 1.26. The van der Waals surface area contributed by atoms with Gasteiger partial charge in [-0.3, -0.25) is 19.2 Å². The Labute approximate surface area is 236 Å². The van der Waals surface area contributed by atoms with E-state index in [-0.39, 0.29) is 18.8 Å². The molecule has 12 heteroatoms. The number of esters is 3. The van der Waals surface area contributed by atoms with Gasteiger partial charge in [0, 0.05) is 25.4 Å². The maximum Gasteiger partial charge on any atom is 0.330 e. The second-order valence-electron chi connectivity index (χ2n) is 9.37. The van der Waals surface area contributed by atoms with Gasteiger partial charge in [-0.2, -0.15) is 11.8 Å². The second-order valence-corrected chi connectivity index (χ2v) is 10.5. The van der Waals surface area contributed by atoms with Crippen molar-refractivity contribution in [3.05, 3.63) is 0 Å². The lowest BCUT2D eigenvalue weighted by Gasteiger charge is -2.20. The first kappa shape index (κ1) is 36.7. The number of hydrogen-bond donors (Lipinski definition) is 3. The fourth-order valence-electron chi connectivity index (χ4n) is 3.80. The third-order valence-corrected chi connectivity index (χ3v) is 6.83. The molecule has 0 radical (unpaired) electrons. The number of methoxy groups -OCH3 is 1. The number of rotatable bonds is 23. The van der Waals surface area contributed by atoms with Crippen LogP contribution < -0.4 is 10.6 Å². The molecule has 0 rings (SSSR count). The molecule has 11 nitrogen and oxygen atoms in total. The van der Waals surface area contributed by atoms with Crippen LogP contribution in [0.25, 0.3) is 0 Å². The van der Waals surface area contributed by atoms with Gasteiger partial charge >= 0.3 is 17.9 Å². The van der Waals surface area contributed by atoms with Crippen LogP contribution in [0.4, 0.5) is 0 Å². The van der Waals surface area contributed by atoms with Gasteiger partial charge in [-0.15, -0.1) is 0 Å². The number of carbonyl (C=O) groups is 5. The molecule has 0 saturated heterocycles. The first-order valence-corrected chi connectivity index (χ1v) is 15.0. The number of unbranched alkanes of at least 4 members (excludes halogenated alkanes) is 8. The zero-order chi connectivity index (χ0) is 29.5. The number of aliphatic hydroxyl groups excluding tert-OH is 1. The summed E-state index contributed by atoms with van der Waals surface area (Å²) in [6, 6.07) is -2.21. The fraction of sp³-hybridized carbons (Fsp3) is 0.815. The Morgan fingerprint density at radius 1 is 0.872 bits per heavy atom. The predicted molar refractivity (Wildman–Crippen MR) is 149 cm³/mol. The van der Waals surface area contributed by atoms with E-state index in [0.717, 1.165) is 26.4 Å². The van der Waals surface area contributed by atoms with Gasteiger partial charge in [0.25, 0.3) is 0 Å². The minimum atomic E-state index is -1.24. The molecule has 0 aliphatic rings. The van der Waals surface area contributed by atoms with E-state index in [0.29, 0.717) is 12.2 Å². The maximum absolute atomic E-state index is 12.5. The van der Waals surface area contributed by atoms with Gasteiger partial charge in [-0.05, 0) is 12.8 Å². The number of ether oxygens (including phenoxy) is 3. The van der Waals surface area contributed by atoms with Crippen molar-refractivity contribution in [2.24, 2.45) is 0 Å². The summed E-state index contributed by atoms with van der Waals surface area (Å²) in [6.45, 7) is 4.20. The van der Waals surface area contributed by atoms with E-state index < -0.39 is 54.5 Å². The lowest BCUT2D eigenvalue weighted by molar-refractivity contribution is -0.153. The Balaban J connectivity index is 4.40. The number of thioether (sulfide) groups is 1. The normalized spacial score (nSPS) is 13.1. The number of hydrogen-bond acceptors (Lipinski definition) is 10. The van der Waals surface area contributed by atoms with Crippen molar-refractivity contribution in [1.29, 1.82) is 0 Å². The standard InChI is InChI=1S/C27H48N2O9S/c1-5-6-7-8-9-10-11-12-13-14-22(38-21(3)32)17-25(33)37-15-16-39-19-24(28-20(2)31)26(34)29-23(18-30)27(35)36-4/h22-24,30H,5-19H2,1-4H3,(H,28,31)(H,29,34)/t22?,23-,24+/m0/s1. The summed E-state index contributed by atoms with van der Waals surface area (Å²) in [7, 11) is 1.13. The van der Waals surface area contributed by atoms with Crippen molar-refractivity contribution in [3.8, 4) is 0 Å². The molecular weight excluding hydrogens is 528 g/mol. The Kier molecular flexibility index (Phi) is 22.1. The first-order chi connectivity index (χ1) is 18.6. The smallest absolute Gasteiger partial charge is 0.330 e. The van der Waals surface area contributed by atoms with Crippen LogP contribution in [0.5, 0.6) is 0 Å². The molecule has 0 heterocycles. The highest BCUT2D eigenvalue weighted by Gasteiger charge is 2.26. The van der Waals surface area contributed by atoms with Gasteiger partial charge in [-0.1, -0.05) is 58.3 Å². The van der Waals surface area contributed by atoms with E-state index in [4.69, 9.17) is 9.47 Å². The van der Waals surface area contributed by atoms with Crippen molar-refractivity contribution in [1.82, 2.24) is 10.6 Å². The summed E-state index contributed by atoms with van der Waals surface area (Å²) in [5.74, 6) is -2.31. The third kappa shape index (κ3) is 20.3. The zero-order valence-corrected chi connectivity index (χ0v) is 24.8. The predicted octanol–water partition coefficient (Wildman–Crippen LogP) is 2.66. The average Bonchev–Trinajstić information content (AvgIpc) is 2.88. The summed E-state index contributed by atoms with van der Waals surface area (Å²) < 4.78 is 15.1. The summed E-state index contributed by atoms with van der Waals surface area (Å²) in [4.78, 5) is 59.3.